The van der Waals surface area contributed by atoms with E-state index < -0.39 is 0 Å². The molecular weight excluding hydrogens is 304 g/mol. The molecule has 1 unspecified atom stereocenters. The Morgan fingerprint density at radius 2 is 2.05 bits per heavy atom. The molecule has 2 nitrogen and oxygen atoms in total. The predicted molar refractivity (Wildman–Crippen MR) is 92.1 cm³/mol. The van der Waals surface area contributed by atoms with Crippen molar-refractivity contribution in [2.45, 2.75) is 50.7 Å². The van der Waals surface area contributed by atoms with Crippen molar-refractivity contribution in [2.24, 2.45) is 0 Å². The van der Waals surface area contributed by atoms with Crippen LogP contribution < -0.4 is 0 Å². The number of halogens is 1. The van der Waals surface area contributed by atoms with E-state index in [-0.39, 0.29) is 11.9 Å². The van der Waals surface area contributed by atoms with Crippen LogP contribution in [0, 0.1) is 0 Å². The number of carbonyl (C=O) groups is 1. The smallest absolute Gasteiger partial charge is 0.134 e. The van der Waals surface area contributed by atoms with Crippen LogP contribution in [0.25, 0.3) is 0 Å². The zero-order valence-electron chi connectivity index (χ0n) is 12.7. The quantitative estimate of drug-likeness (QED) is 0.578. The van der Waals surface area contributed by atoms with Crippen LogP contribution in [0.4, 0.5) is 0 Å². The minimum atomic E-state index is 0.0459. The molecule has 0 fully saturated rings. The van der Waals surface area contributed by atoms with E-state index in [2.05, 4.69) is 6.92 Å². The molecule has 4 heteroatoms. The Bertz CT molecular complexity index is 423. The number of thioether (sulfide) groups is 1. The first kappa shape index (κ1) is 18.5. The van der Waals surface area contributed by atoms with Gasteiger partial charge in [0.05, 0.1) is 6.61 Å². The molecule has 1 N–H and O–H groups in total. The highest BCUT2D eigenvalue weighted by molar-refractivity contribution is 7.99. The van der Waals surface area contributed by atoms with Gasteiger partial charge in [-0.3, -0.25) is 4.79 Å². The lowest BCUT2D eigenvalue weighted by Crippen LogP contribution is -2.06. The van der Waals surface area contributed by atoms with E-state index in [4.69, 9.17) is 16.7 Å². The molecule has 0 amide bonds. The molecule has 1 rings (SSSR count). The maximum absolute atomic E-state index is 12.1. The van der Waals surface area contributed by atoms with E-state index in [1.54, 1.807) is 11.8 Å². The first-order chi connectivity index (χ1) is 10.2. The molecule has 1 atom stereocenters. The molecule has 0 heterocycles. The minimum Gasteiger partial charge on any atom is -0.396 e. The number of hydrogen-bond acceptors (Lipinski definition) is 3. The van der Waals surface area contributed by atoms with Crippen LogP contribution in [0.3, 0.4) is 0 Å². The number of Topliss-reactive ketones (excluding diaryl/α,β-unsaturated/α-hetero) is 1. The van der Waals surface area contributed by atoms with Gasteiger partial charge in [-0.1, -0.05) is 56.0 Å². The summed E-state index contributed by atoms with van der Waals surface area (Å²) < 4.78 is 0. The zero-order chi connectivity index (χ0) is 15.5. The van der Waals surface area contributed by atoms with E-state index in [9.17, 15) is 4.79 Å². The average molecular weight is 329 g/mol. The number of aliphatic hydroxyl groups is 1. The molecule has 0 saturated heterocycles. The van der Waals surface area contributed by atoms with Gasteiger partial charge in [0, 0.05) is 28.9 Å². The molecule has 1 aromatic carbocycles. The topological polar surface area (TPSA) is 37.3 Å². The van der Waals surface area contributed by atoms with Crippen LogP contribution >= 0.6 is 23.4 Å². The van der Waals surface area contributed by atoms with Crippen molar-refractivity contribution in [2.75, 3.05) is 12.4 Å². The molecule has 0 aliphatic heterocycles. The van der Waals surface area contributed by atoms with Crippen LogP contribution in [0.15, 0.2) is 24.3 Å². The predicted octanol–water partition coefficient (Wildman–Crippen LogP) is 5.04. The first-order valence-electron chi connectivity index (χ1n) is 7.67. The van der Waals surface area contributed by atoms with E-state index in [0.29, 0.717) is 29.4 Å². The van der Waals surface area contributed by atoms with Gasteiger partial charge in [0.2, 0.25) is 0 Å². The lowest BCUT2D eigenvalue weighted by Gasteiger charge is -2.17. The maximum atomic E-state index is 12.1. The van der Waals surface area contributed by atoms with Crippen molar-refractivity contribution in [1.82, 2.24) is 0 Å². The second-order valence-electron chi connectivity index (χ2n) is 5.16. The Labute approximate surface area is 137 Å². The van der Waals surface area contributed by atoms with Gasteiger partial charge in [-0.05, 0) is 18.1 Å². The molecule has 21 heavy (non-hydrogen) atoms. The van der Waals surface area contributed by atoms with E-state index in [1.807, 2.05) is 24.3 Å². The van der Waals surface area contributed by atoms with Gasteiger partial charge in [0.15, 0.2) is 0 Å². The zero-order valence-corrected chi connectivity index (χ0v) is 14.3. The third-order valence-corrected chi connectivity index (χ3v) is 4.97. The highest BCUT2D eigenvalue weighted by Crippen LogP contribution is 2.36. The standard InChI is InChI=1S/C17H25ClO2S/c1-2-3-4-5-8-14(20)13-17(21-12-11-19)15-9-6-7-10-16(15)18/h6-7,9-10,17,19H,2-5,8,11-13H2,1H3. The summed E-state index contributed by atoms with van der Waals surface area (Å²) in [7, 11) is 0. The number of ketones is 1. The summed E-state index contributed by atoms with van der Waals surface area (Å²) in [5, 5.41) is 9.77. The van der Waals surface area contributed by atoms with Gasteiger partial charge in [-0.25, -0.2) is 0 Å². The Morgan fingerprint density at radius 1 is 1.29 bits per heavy atom. The van der Waals surface area contributed by atoms with Gasteiger partial charge in [0.1, 0.15) is 5.78 Å². The Morgan fingerprint density at radius 3 is 2.71 bits per heavy atom. The maximum Gasteiger partial charge on any atom is 0.134 e. The highest BCUT2D eigenvalue weighted by Gasteiger charge is 2.18. The Kier molecular flexibility index (Phi) is 9.81. The van der Waals surface area contributed by atoms with Gasteiger partial charge in [0.25, 0.3) is 0 Å². The van der Waals surface area contributed by atoms with Crippen molar-refractivity contribution < 1.29 is 9.90 Å². The van der Waals surface area contributed by atoms with Crippen molar-refractivity contribution in [3.8, 4) is 0 Å². The van der Waals surface area contributed by atoms with Crippen molar-refractivity contribution >= 4 is 29.1 Å². The third kappa shape index (κ3) is 7.35. The second-order valence-corrected chi connectivity index (χ2v) is 6.88. The fourth-order valence-electron chi connectivity index (χ4n) is 2.25. The van der Waals surface area contributed by atoms with Gasteiger partial charge >= 0.3 is 0 Å². The third-order valence-electron chi connectivity index (χ3n) is 3.38. The number of aliphatic hydroxyl groups excluding tert-OH is 1. The number of carbonyl (C=O) groups excluding carboxylic acids is 1. The largest absolute Gasteiger partial charge is 0.396 e. The molecule has 0 bridgehead atoms. The van der Waals surface area contributed by atoms with Crippen LogP contribution in [-0.2, 0) is 4.79 Å². The van der Waals surface area contributed by atoms with Crippen molar-refractivity contribution in [1.29, 1.82) is 0 Å². The summed E-state index contributed by atoms with van der Waals surface area (Å²) in [4.78, 5) is 12.1. The van der Waals surface area contributed by atoms with Crippen LogP contribution in [0.1, 0.15) is 56.3 Å². The van der Waals surface area contributed by atoms with Gasteiger partial charge < -0.3 is 5.11 Å². The van der Waals surface area contributed by atoms with Gasteiger partial charge in [-0.15, -0.1) is 0 Å². The highest BCUT2D eigenvalue weighted by atomic mass is 35.5. The fraction of sp³-hybridized carbons (Fsp3) is 0.588. The van der Waals surface area contributed by atoms with E-state index in [0.717, 1.165) is 18.4 Å². The molecule has 0 spiro atoms. The summed E-state index contributed by atoms with van der Waals surface area (Å²) in [6.07, 6.45) is 5.64. The minimum absolute atomic E-state index is 0.0459. The van der Waals surface area contributed by atoms with Crippen molar-refractivity contribution in [3.63, 3.8) is 0 Å². The number of hydrogen-bond donors (Lipinski definition) is 1. The van der Waals surface area contributed by atoms with Crippen LogP contribution in [0.2, 0.25) is 5.02 Å². The summed E-state index contributed by atoms with van der Waals surface area (Å²) in [5.41, 5.74) is 1.000. The summed E-state index contributed by atoms with van der Waals surface area (Å²) >= 11 is 7.85. The molecule has 0 saturated carbocycles. The monoisotopic (exact) mass is 328 g/mol. The number of benzene rings is 1. The lowest BCUT2D eigenvalue weighted by molar-refractivity contribution is -0.119. The first-order valence-corrected chi connectivity index (χ1v) is 9.10. The molecular formula is C17H25ClO2S. The SMILES string of the molecule is CCCCCCC(=O)CC(SCCO)c1ccccc1Cl. The summed E-state index contributed by atoms with van der Waals surface area (Å²) in [6, 6.07) is 7.67. The number of rotatable bonds is 11. The van der Waals surface area contributed by atoms with E-state index in [1.165, 1.54) is 12.8 Å². The molecule has 0 aliphatic rings. The Hall–Kier alpha value is -0.510. The Balaban J connectivity index is 2.58. The fourth-order valence-corrected chi connectivity index (χ4v) is 3.66. The molecule has 0 radical (unpaired) electrons. The summed E-state index contributed by atoms with van der Waals surface area (Å²) in [6.45, 7) is 2.29. The van der Waals surface area contributed by atoms with Crippen LogP contribution in [0.5, 0.6) is 0 Å². The number of unbranched alkanes of at least 4 members (excludes halogenated alkanes) is 3. The molecule has 118 valence electrons. The summed E-state index contributed by atoms with van der Waals surface area (Å²) in [5.74, 6) is 0.917. The molecule has 0 aliphatic carbocycles. The van der Waals surface area contributed by atoms with Gasteiger partial charge in [-0.2, -0.15) is 11.8 Å². The second kappa shape index (κ2) is 11.1. The molecule has 0 aromatic heterocycles. The average Bonchev–Trinajstić information content (AvgIpc) is 2.48. The van der Waals surface area contributed by atoms with Crippen molar-refractivity contribution in [3.05, 3.63) is 34.9 Å². The lowest BCUT2D eigenvalue weighted by atomic mass is 10.0. The van der Waals surface area contributed by atoms with Crippen LogP contribution in [-0.4, -0.2) is 23.2 Å². The van der Waals surface area contributed by atoms with E-state index >= 15 is 0 Å². The normalized spacial score (nSPS) is 12.3. The molecule has 1 aromatic rings.